The lowest BCUT2D eigenvalue weighted by Gasteiger charge is -1.94. The predicted octanol–water partition coefficient (Wildman–Crippen LogP) is 0.861. The molecule has 9 heavy (non-hydrogen) atoms. The molecule has 0 aromatic heterocycles. The molecule has 0 saturated heterocycles. The SMILES string of the molecule is CC(=O)OC(=O)CCBr. The summed E-state index contributed by atoms with van der Waals surface area (Å²) in [5, 5.41) is 0.527. The van der Waals surface area contributed by atoms with Gasteiger partial charge >= 0.3 is 11.9 Å². The van der Waals surface area contributed by atoms with Gasteiger partial charge in [-0.1, -0.05) is 15.9 Å². The van der Waals surface area contributed by atoms with Crippen molar-refractivity contribution < 1.29 is 14.3 Å². The third-order valence-corrected chi connectivity index (χ3v) is 0.953. The van der Waals surface area contributed by atoms with Crippen LogP contribution in [-0.4, -0.2) is 17.3 Å². The Kier molecular flexibility index (Phi) is 4.30. The van der Waals surface area contributed by atoms with Gasteiger partial charge < -0.3 is 4.74 Å². The Labute approximate surface area is 61.5 Å². The van der Waals surface area contributed by atoms with Gasteiger partial charge in [0, 0.05) is 12.3 Å². The fourth-order valence-corrected chi connectivity index (χ4v) is 0.612. The van der Waals surface area contributed by atoms with E-state index in [1.54, 1.807) is 0 Å². The topological polar surface area (TPSA) is 43.4 Å². The van der Waals surface area contributed by atoms with Crippen molar-refractivity contribution in [2.45, 2.75) is 13.3 Å². The highest BCUT2D eigenvalue weighted by atomic mass is 79.9. The Hall–Kier alpha value is -0.380. The molecule has 0 aliphatic heterocycles. The second kappa shape index (κ2) is 4.49. The van der Waals surface area contributed by atoms with E-state index in [1.807, 2.05) is 0 Å². The highest BCUT2D eigenvalue weighted by molar-refractivity contribution is 9.09. The van der Waals surface area contributed by atoms with Crippen molar-refractivity contribution >= 4 is 27.9 Å². The van der Waals surface area contributed by atoms with Gasteiger partial charge in [0.25, 0.3) is 0 Å². The van der Waals surface area contributed by atoms with E-state index in [2.05, 4.69) is 20.7 Å². The van der Waals surface area contributed by atoms with Crippen LogP contribution >= 0.6 is 15.9 Å². The summed E-state index contributed by atoms with van der Waals surface area (Å²) < 4.78 is 4.18. The van der Waals surface area contributed by atoms with E-state index in [1.165, 1.54) is 6.92 Å². The molecule has 3 nitrogen and oxygen atoms in total. The number of esters is 2. The van der Waals surface area contributed by atoms with E-state index in [-0.39, 0.29) is 6.42 Å². The molecule has 0 unspecified atom stereocenters. The number of rotatable bonds is 2. The Balaban J connectivity index is 3.39. The third kappa shape index (κ3) is 5.49. The van der Waals surface area contributed by atoms with Crippen LogP contribution in [0.25, 0.3) is 0 Å². The Morgan fingerprint density at radius 1 is 1.56 bits per heavy atom. The van der Waals surface area contributed by atoms with E-state index in [0.29, 0.717) is 5.33 Å². The van der Waals surface area contributed by atoms with Crippen LogP contribution in [0.2, 0.25) is 0 Å². The van der Waals surface area contributed by atoms with Crippen LogP contribution in [0, 0.1) is 0 Å². The minimum atomic E-state index is -0.555. The first kappa shape index (κ1) is 8.62. The molecule has 0 bridgehead atoms. The molecule has 0 aromatic rings. The van der Waals surface area contributed by atoms with E-state index in [0.717, 1.165) is 0 Å². The number of alkyl halides is 1. The van der Waals surface area contributed by atoms with E-state index < -0.39 is 11.9 Å². The highest BCUT2D eigenvalue weighted by Gasteiger charge is 2.02. The Morgan fingerprint density at radius 3 is 2.44 bits per heavy atom. The molecule has 0 aliphatic rings. The smallest absolute Gasteiger partial charge is 0.314 e. The first-order valence-electron chi connectivity index (χ1n) is 2.44. The summed E-state index contributed by atoms with van der Waals surface area (Å²) in [5.41, 5.74) is 0. The summed E-state index contributed by atoms with van der Waals surface area (Å²) >= 11 is 3.03. The van der Waals surface area contributed by atoms with Crippen molar-refractivity contribution in [2.75, 3.05) is 5.33 Å². The number of halogens is 1. The number of ether oxygens (including phenoxy) is 1. The van der Waals surface area contributed by atoms with Gasteiger partial charge in [-0.25, -0.2) is 0 Å². The lowest BCUT2D eigenvalue weighted by molar-refractivity contribution is -0.157. The molecule has 0 spiro atoms. The Morgan fingerprint density at radius 2 is 2.11 bits per heavy atom. The number of carbonyl (C=O) groups is 2. The minimum Gasteiger partial charge on any atom is -0.393 e. The van der Waals surface area contributed by atoms with Crippen molar-refractivity contribution in [1.29, 1.82) is 0 Å². The lowest BCUT2D eigenvalue weighted by atomic mass is 10.5. The van der Waals surface area contributed by atoms with Gasteiger partial charge in [0.1, 0.15) is 0 Å². The number of carbonyl (C=O) groups excluding carboxylic acids is 2. The van der Waals surface area contributed by atoms with Crippen LogP contribution in [0.5, 0.6) is 0 Å². The maximum Gasteiger partial charge on any atom is 0.314 e. The lowest BCUT2D eigenvalue weighted by Crippen LogP contribution is -2.08. The van der Waals surface area contributed by atoms with E-state index in [9.17, 15) is 9.59 Å². The second-order valence-electron chi connectivity index (χ2n) is 1.40. The van der Waals surface area contributed by atoms with E-state index >= 15 is 0 Å². The van der Waals surface area contributed by atoms with Crippen molar-refractivity contribution in [2.24, 2.45) is 0 Å². The minimum absolute atomic E-state index is 0.236. The molecule has 52 valence electrons. The maximum absolute atomic E-state index is 10.4. The average molecular weight is 195 g/mol. The quantitative estimate of drug-likeness (QED) is 0.373. The monoisotopic (exact) mass is 194 g/mol. The van der Waals surface area contributed by atoms with Gasteiger partial charge in [0.05, 0.1) is 6.42 Å². The molecular formula is C5H7BrO3. The molecular weight excluding hydrogens is 188 g/mol. The number of hydrogen-bond acceptors (Lipinski definition) is 3. The third-order valence-electron chi connectivity index (χ3n) is 0.556. The van der Waals surface area contributed by atoms with Gasteiger partial charge in [0.2, 0.25) is 0 Å². The van der Waals surface area contributed by atoms with Crippen molar-refractivity contribution in [3.63, 3.8) is 0 Å². The summed E-state index contributed by atoms with van der Waals surface area (Å²) in [7, 11) is 0. The molecule has 0 rings (SSSR count). The summed E-state index contributed by atoms with van der Waals surface area (Å²) in [6.45, 7) is 1.20. The van der Waals surface area contributed by atoms with Gasteiger partial charge in [-0.3, -0.25) is 9.59 Å². The normalized spacial score (nSPS) is 8.67. The molecule has 0 aliphatic carbocycles. The van der Waals surface area contributed by atoms with Crippen LogP contribution in [0.3, 0.4) is 0 Å². The molecule has 0 atom stereocenters. The summed E-state index contributed by atoms with van der Waals surface area (Å²) in [4.78, 5) is 20.5. The van der Waals surface area contributed by atoms with Crippen LogP contribution < -0.4 is 0 Å². The van der Waals surface area contributed by atoms with Gasteiger partial charge in [0.15, 0.2) is 0 Å². The average Bonchev–Trinajstić information content (AvgIpc) is 1.63. The fourth-order valence-electron chi connectivity index (χ4n) is 0.288. The Bertz CT molecular complexity index is 121. The summed E-state index contributed by atoms with van der Waals surface area (Å²) in [6, 6.07) is 0. The zero-order chi connectivity index (χ0) is 7.28. The molecule has 0 heterocycles. The number of hydrogen-bond donors (Lipinski definition) is 0. The molecule has 0 amide bonds. The first-order chi connectivity index (χ1) is 4.16. The standard InChI is InChI=1S/C5H7BrO3/c1-4(7)9-5(8)2-3-6/h2-3H2,1H3. The fraction of sp³-hybridized carbons (Fsp3) is 0.600. The summed E-state index contributed by atoms with van der Waals surface area (Å²) in [5.74, 6) is -1.04. The molecule has 0 fully saturated rings. The van der Waals surface area contributed by atoms with Gasteiger partial charge in [-0.15, -0.1) is 0 Å². The maximum atomic E-state index is 10.4. The second-order valence-corrected chi connectivity index (χ2v) is 2.20. The van der Waals surface area contributed by atoms with Gasteiger partial charge in [-0.2, -0.15) is 0 Å². The predicted molar refractivity (Wildman–Crippen MR) is 35.2 cm³/mol. The highest BCUT2D eigenvalue weighted by Crippen LogP contribution is 1.90. The van der Waals surface area contributed by atoms with Crippen LogP contribution in [-0.2, 0) is 14.3 Å². The largest absolute Gasteiger partial charge is 0.393 e. The van der Waals surface area contributed by atoms with Crippen LogP contribution in [0.4, 0.5) is 0 Å². The van der Waals surface area contributed by atoms with Crippen LogP contribution in [0.15, 0.2) is 0 Å². The first-order valence-corrected chi connectivity index (χ1v) is 3.56. The van der Waals surface area contributed by atoms with Crippen molar-refractivity contribution in [1.82, 2.24) is 0 Å². The zero-order valence-corrected chi connectivity index (χ0v) is 6.60. The molecule has 0 aromatic carbocycles. The van der Waals surface area contributed by atoms with Crippen LogP contribution in [0.1, 0.15) is 13.3 Å². The van der Waals surface area contributed by atoms with E-state index in [4.69, 9.17) is 0 Å². The van der Waals surface area contributed by atoms with Gasteiger partial charge in [-0.05, 0) is 0 Å². The zero-order valence-electron chi connectivity index (χ0n) is 5.02. The summed E-state index contributed by atoms with van der Waals surface area (Å²) in [6.07, 6.45) is 0.236. The molecule has 0 saturated carbocycles. The molecule has 4 heteroatoms. The molecule has 0 radical (unpaired) electrons. The molecule has 0 N–H and O–H groups in total. The van der Waals surface area contributed by atoms with Crippen molar-refractivity contribution in [3.8, 4) is 0 Å². The van der Waals surface area contributed by atoms with Crippen molar-refractivity contribution in [3.05, 3.63) is 0 Å².